The molecule has 7 heteroatoms. The molecular weight excluding hydrogens is 398 g/mol. The fraction of sp³-hybridized carbons (Fsp3) is 0.875. The van der Waals surface area contributed by atoms with Crippen molar-refractivity contribution < 1.29 is 28.8 Å². The Bertz CT molecular complexity index is 671. The number of allylic oxidation sites excluding steroid dienone is 2. The van der Waals surface area contributed by atoms with E-state index in [1.165, 1.54) is 12.7 Å². The van der Waals surface area contributed by atoms with Crippen molar-refractivity contribution in [3.63, 3.8) is 0 Å². The molecule has 7 nitrogen and oxygen atoms in total. The number of hydrogen-bond donors (Lipinski definition) is 2. The SMILES string of the molecule is COC(=O)[C@H](N[C@@H](O)O[C@@H]1CC[C@]2(CO2)[C@@H]([C@@]2(C)C[C@@H]2CC=C(C)C)[C@@H]1OC)C(C)C. The molecule has 31 heavy (non-hydrogen) atoms. The third-order valence-corrected chi connectivity index (χ3v) is 7.63. The molecule has 1 heterocycles. The first-order valence-electron chi connectivity index (χ1n) is 11.6. The van der Waals surface area contributed by atoms with Gasteiger partial charge in [0.25, 0.3) is 0 Å². The zero-order valence-electron chi connectivity index (χ0n) is 20.1. The summed E-state index contributed by atoms with van der Waals surface area (Å²) in [5.74, 6) is 0.360. The number of ether oxygens (including phenoxy) is 4. The van der Waals surface area contributed by atoms with Gasteiger partial charge >= 0.3 is 5.97 Å². The third kappa shape index (κ3) is 5.17. The molecule has 0 radical (unpaired) electrons. The topological polar surface area (TPSA) is 89.6 Å². The van der Waals surface area contributed by atoms with Gasteiger partial charge in [-0.1, -0.05) is 32.4 Å². The van der Waals surface area contributed by atoms with E-state index in [2.05, 4.69) is 32.2 Å². The average molecular weight is 440 g/mol. The van der Waals surface area contributed by atoms with Crippen molar-refractivity contribution in [1.82, 2.24) is 5.32 Å². The zero-order valence-corrected chi connectivity index (χ0v) is 20.1. The van der Waals surface area contributed by atoms with Crippen LogP contribution in [-0.4, -0.2) is 62.2 Å². The molecule has 8 atom stereocenters. The second-order valence-corrected chi connectivity index (χ2v) is 10.4. The van der Waals surface area contributed by atoms with E-state index < -0.39 is 18.4 Å². The van der Waals surface area contributed by atoms with Gasteiger partial charge in [0, 0.05) is 13.0 Å². The van der Waals surface area contributed by atoms with Gasteiger partial charge in [-0.2, -0.15) is 0 Å². The van der Waals surface area contributed by atoms with E-state index in [1.54, 1.807) is 7.11 Å². The van der Waals surface area contributed by atoms with Gasteiger partial charge in [0.1, 0.15) is 6.04 Å². The number of rotatable bonds is 10. The van der Waals surface area contributed by atoms with Crippen molar-refractivity contribution >= 4 is 5.97 Å². The monoisotopic (exact) mass is 439 g/mol. The van der Waals surface area contributed by atoms with Gasteiger partial charge in [-0.05, 0) is 56.8 Å². The lowest BCUT2D eigenvalue weighted by molar-refractivity contribution is -0.220. The first kappa shape index (κ1) is 24.6. The fourth-order valence-electron chi connectivity index (χ4n) is 5.65. The lowest BCUT2D eigenvalue weighted by Gasteiger charge is -2.45. The summed E-state index contributed by atoms with van der Waals surface area (Å²) >= 11 is 0. The molecule has 0 aromatic heterocycles. The van der Waals surface area contributed by atoms with Crippen molar-refractivity contribution in [3.05, 3.63) is 11.6 Å². The molecule has 0 aromatic carbocycles. The quantitative estimate of drug-likeness (QED) is 0.234. The van der Waals surface area contributed by atoms with Crippen LogP contribution in [0.25, 0.3) is 0 Å². The predicted octanol–water partition coefficient (Wildman–Crippen LogP) is 3.01. The molecule has 2 N–H and O–H groups in total. The number of carbonyl (C=O) groups excluding carboxylic acids is 1. The van der Waals surface area contributed by atoms with Crippen molar-refractivity contribution in [2.75, 3.05) is 20.8 Å². The maximum atomic E-state index is 12.0. The van der Waals surface area contributed by atoms with Crippen LogP contribution in [0.1, 0.15) is 60.3 Å². The Morgan fingerprint density at radius 3 is 2.52 bits per heavy atom. The Balaban J connectivity index is 1.70. The van der Waals surface area contributed by atoms with E-state index >= 15 is 0 Å². The van der Waals surface area contributed by atoms with E-state index in [4.69, 9.17) is 18.9 Å². The minimum absolute atomic E-state index is 0.0487. The number of esters is 1. The van der Waals surface area contributed by atoms with Gasteiger partial charge in [0.15, 0.2) is 0 Å². The smallest absolute Gasteiger partial charge is 0.323 e. The highest BCUT2D eigenvalue weighted by molar-refractivity contribution is 5.75. The Morgan fingerprint density at radius 2 is 2.00 bits per heavy atom. The number of carbonyl (C=O) groups is 1. The summed E-state index contributed by atoms with van der Waals surface area (Å²) in [5.41, 5.74) is 1.36. The molecule has 3 aliphatic rings. The molecule has 2 saturated carbocycles. The molecule has 1 aliphatic heterocycles. The number of epoxide rings is 1. The summed E-state index contributed by atoms with van der Waals surface area (Å²) in [6.07, 6.45) is 4.45. The van der Waals surface area contributed by atoms with Crippen LogP contribution >= 0.6 is 0 Å². The van der Waals surface area contributed by atoms with Crippen LogP contribution < -0.4 is 5.32 Å². The van der Waals surface area contributed by atoms with E-state index in [9.17, 15) is 9.90 Å². The van der Waals surface area contributed by atoms with E-state index in [0.29, 0.717) is 5.92 Å². The van der Waals surface area contributed by atoms with Crippen LogP contribution in [0, 0.1) is 23.2 Å². The second kappa shape index (κ2) is 9.48. The predicted molar refractivity (Wildman–Crippen MR) is 117 cm³/mol. The summed E-state index contributed by atoms with van der Waals surface area (Å²) in [7, 11) is 3.06. The highest BCUT2D eigenvalue weighted by Crippen LogP contribution is 2.68. The Morgan fingerprint density at radius 1 is 1.32 bits per heavy atom. The molecule has 3 rings (SSSR count). The van der Waals surface area contributed by atoms with Gasteiger partial charge in [0.05, 0.1) is 31.5 Å². The molecule has 2 aliphatic carbocycles. The first-order valence-corrected chi connectivity index (χ1v) is 11.6. The summed E-state index contributed by atoms with van der Waals surface area (Å²) in [6.45, 7) is 11.2. The standard InChI is InChI=1S/C24H41NO6/c1-14(2)8-9-16-12-23(16,5)20-19(28-6)17(10-11-24(20)13-30-24)31-22(27)25-18(15(3)4)21(26)29-7/h8,15-20,22,25,27H,9-13H2,1-7H3/t16-,17+,18+,19+,20+,22-,23-,24-/m0/s1. The lowest BCUT2D eigenvalue weighted by Crippen LogP contribution is -2.56. The van der Waals surface area contributed by atoms with Crippen molar-refractivity contribution in [1.29, 1.82) is 0 Å². The van der Waals surface area contributed by atoms with Crippen LogP contribution in [0.15, 0.2) is 11.6 Å². The van der Waals surface area contributed by atoms with E-state index in [-0.39, 0.29) is 35.1 Å². The molecule has 0 bridgehead atoms. The molecular formula is C24H41NO6. The Labute approximate surface area is 186 Å². The van der Waals surface area contributed by atoms with Crippen LogP contribution in [0.4, 0.5) is 0 Å². The third-order valence-electron chi connectivity index (χ3n) is 7.63. The van der Waals surface area contributed by atoms with Crippen LogP contribution in [0.3, 0.4) is 0 Å². The number of aliphatic hydroxyl groups is 1. The van der Waals surface area contributed by atoms with Gasteiger partial charge in [0.2, 0.25) is 6.41 Å². The minimum atomic E-state index is -1.28. The highest BCUT2D eigenvalue weighted by atomic mass is 16.6. The van der Waals surface area contributed by atoms with Gasteiger partial charge in [-0.25, -0.2) is 0 Å². The molecule has 1 saturated heterocycles. The molecule has 0 amide bonds. The number of methoxy groups -OCH3 is 2. The minimum Gasteiger partial charge on any atom is -0.468 e. The first-order chi connectivity index (χ1) is 14.6. The average Bonchev–Trinajstić information content (AvgIpc) is 3.62. The Hall–Kier alpha value is -0.990. The van der Waals surface area contributed by atoms with Crippen molar-refractivity contribution in [2.24, 2.45) is 23.2 Å². The highest BCUT2D eigenvalue weighted by Gasteiger charge is 2.70. The van der Waals surface area contributed by atoms with Crippen molar-refractivity contribution in [2.45, 2.75) is 90.6 Å². The summed E-state index contributed by atoms with van der Waals surface area (Å²) in [4.78, 5) is 12.0. The van der Waals surface area contributed by atoms with Gasteiger partial charge < -0.3 is 24.1 Å². The second-order valence-electron chi connectivity index (χ2n) is 10.4. The Kier molecular flexibility index (Phi) is 7.53. The molecule has 0 unspecified atom stereocenters. The number of hydrogen-bond acceptors (Lipinski definition) is 7. The zero-order chi connectivity index (χ0) is 23.0. The maximum absolute atomic E-state index is 12.0. The van der Waals surface area contributed by atoms with E-state index in [1.807, 2.05) is 13.8 Å². The van der Waals surface area contributed by atoms with Crippen LogP contribution in [0.5, 0.6) is 0 Å². The normalized spacial score (nSPS) is 38.6. The molecule has 178 valence electrons. The largest absolute Gasteiger partial charge is 0.468 e. The molecule has 1 spiro atoms. The van der Waals surface area contributed by atoms with E-state index in [0.717, 1.165) is 32.3 Å². The summed E-state index contributed by atoms with van der Waals surface area (Å²) < 4.78 is 22.9. The van der Waals surface area contributed by atoms with Crippen LogP contribution in [-0.2, 0) is 23.7 Å². The summed E-state index contributed by atoms with van der Waals surface area (Å²) in [5, 5.41) is 13.5. The number of aliphatic hydroxyl groups excluding tert-OH is 1. The molecule has 0 aromatic rings. The van der Waals surface area contributed by atoms with Gasteiger partial charge in [-0.3, -0.25) is 10.1 Å². The fourth-order valence-corrected chi connectivity index (χ4v) is 5.65. The van der Waals surface area contributed by atoms with Crippen LogP contribution in [0.2, 0.25) is 0 Å². The number of nitrogens with one attached hydrogen (secondary N) is 1. The summed E-state index contributed by atoms with van der Waals surface area (Å²) in [6, 6.07) is -0.645. The van der Waals surface area contributed by atoms with Crippen molar-refractivity contribution in [3.8, 4) is 0 Å². The van der Waals surface area contributed by atoms with Gasteiger partial charge in [-0.15, -0.1) is 0 Å². The lowest BCUT2D eigenvalue weighted by atomic mass is 9.67. The molecule has 3 fully saturated rings. The maximum Gasteiger partial charge on any atom is 0.323 e.